The lowest BCUT2D eigenvalue weighted by Crippen LogP contribution is -2.28. The Bertz CT molecular complexity index is 433. The Balaban J connectivity index is 2.22. The summed E-state index contributed by atoms with van der Waals surface area (Å²) < 4.78 is 26.7. The maximum absolute atomic E-state index is 13.6. The molecule has 0 unspecified atom stereocenters. The summed E-state index contributed by atoms with van der Waals surface area (Å²) in [5.74, 6) is -1.71. The van der Waals surface area contributed by atoms with E-state index in [4.69, 9.17) is 5.73 Å². The fraction of sp³-hybridized carbons (Fsp3) is 0.462. The van der Waals surface area contributed by atoms with Gasteiger partial charge in [0, 0.05) is 6.42 Å². The Kier molecular flexibility index (Phi) is 3.52. The molecule has 2 N–H and O–H groups in total. The highest BCUT2D eigenvalue weighted by atomic mass is 19.2. The van der Waals surface area contributed by atoms with Crippen LogP contribution in [0.15, 0.2) is 18.2 Å². The summed E-state index contributed by atoms with van der Waals surface area (Å²) in [6.45, 7) is 0. The molecule has 4 heteroatoms. The number of hydrogen-bond acceptors (Lipinski definition) is 2. The van der Waals surface area contributed by atoms with E-state index in [1.54, 1.807) is 6.07 Å². The number of rotatable bonds is 1. The number of nitrogens with two attached hydrogens (primary N) is 1. The van der Waals surface area contributed by atoms with Gasteiger partial charge in [-0.05, 0) is 36.8 Å². The van der Waals surface area contributed by atoms with Gasteiger partial charge in [-0.3, -0.25) is 4.79 Å². The van der Waals surface area contributed by atoms with Crippen LogP contribution < -0.4 is 5.73 Å². The molecule has 1 aliphatic carbocycles. The minimum Gasteiger partial charge on any atom is -0.322 e. The van der Waals surface area contributed by atoms with Gasteiger partial charge in [-0.25, -0.2) is 8.78 Å². The number of carbonyl (C=O) groups excluding carboxylic acids is 1. The Morgan fingerprint density at radius 1 is 1.18 bits per heavy atom. The molecule has 1 fully saturated rings. The Labute approximate surface area is 98.8 Å². The molecule has 0 amide bonds. The van der Waals surface area contributed by atoms with Crippen LogP contribution >= 0.6 is 0 Å². The highest BCUT2D eigenvalue weighted by molar-refractivity contribution is 5.84. The first-order valence-electron chi connectivity index (χ1n) is 5.82. The summed E-state index contributed by atoms with van der Waals surface area (Å²) in [4.78, 5) is 11.4. The Hall–Kier alpha value is -1.29. The highest BCUT2D eigenvalue weighted by Crippen LogP contribution is 2.32. The smallest absolute Gasteiger partial charge is 0.162 e. The van der Waals surface area contributed by atoms with Crippen LogP contribution in [0.25, 0.3) is 0 Å². The Morgan fingerprint density at radius 2 is 1.94 bits per heavy atom. The van der Waals surface area contributed by atoms with Crippen molar-refractivity contribution < 1.29 is 13.6 Å². The molecule has 0 saturated heterocycles. The van der Waals surface area contributed by atoms with Crippen LogP contribution in [0.2, 0.25) is 0 Å². The third-order valence-electron chi connectivity index (χ3n) is 3.40. The topological polar surface area (TPSA) is 43.1 Å². The van der Waals surface area contributed by atoms with E-state index in [1.165, 1.54) is 6.07 Å². The van der Waals surface area contributed by atoms with Crippen molar-refractivity contribution in [2.75, 3.05) is 0 Å². The maximum Gasteiger partial charge on any atom is 0.162 e. The van der Waals surface area contributed by atoms with Gasteiger partial charge < -0.3 is 5.73 Å². The van der Waals surface area contributed by atoms with Crippen LogP contribution in [-0.4, -0.2) is 11.8 Å². The molecule has 1 aromatic rings. The van der Waals surface area contributed by atoms with E-state index in [9.17, 15) is 13.6 Å². The third kappa shape index (κ3) is 2.52. The lowest BCUT2D eigenvalue weighted by molar-refractivity contribution is -0.120. The predicted octanol–water partition coefficient (Wildman–Crippen LogP) is 2.52. The zero-order valence-corrected chi connectivity index (χ0v) is 9.46. The molecule has 0 spiro atoms. The van der Waals surface area contributed by atoms with Crippen molar-refractivity contribution in [3.8, 4) is 0 Å². The lowest BCUT2D eigenvalue weighted by Gasteiger charge is -2.15. The van der Waals surface area contributed by atoms with Gasteiger partial charge in [-0.2, -0.15) is 0 Å². The zero-order valence-electron chi connectivity index (χ0n) is 9.46. The van der Waals surface area contributed by atoms with Crippen molar-refractivity contribution in [1.82, 2.24) is 0 Å². The van der Waals surface area contributed by atoms with E-state index in [0.29, 0.717) is 31.2 Å². The molecule has 1 aliphatic rings. The first-order valence-corrected chi connectivity index (χ1v) is 5.82. The van der Waals surface area contributed by atoms with E-state index in [2.05, 4.69) is 0 Å². The van der Waals surface area contributed by atoms with Gasteiger partial charge in [0.25, 0.3) is 0 Å². The van der Waals surface area contributed by atoms with Gasteiger partial charge in [0.1, 0.15) is 5.78 Å². The van der Waals surface area contributed by atoms with E-state index in [-0.39, 0.29) is 11.7 Å². The van der Waals surface area contributed by atoms with Gasteiger partial charge in [0.15, 0.2) is 11.6 Å². The van der Waals surface area contributed by atoms with Crippen LogP contribution in [0, 0.1) is 11.6 Å². The van der Waals surface area contributed by atoms with Crippen molar-refractivity contribution in [3.63, 3.8) is 0 Å². The molecule has 2 nitrogen and oxygen atoms in total. The SMILES string of the molecule is N[C@@H]1CC[C@@H](c2cccc(F)c2F)CCC1=O. The molecule has 2 atom stereocenters. The first-order chi connectivity index (χ1) is 8.09. The van der Waals surface area contributed by atoms with Crippen molar-refractivity contribution in [2.24, 2.45) is 5.73 Å². The molecule has 1 aromatic carbocycles. The summed E-state index contributed by atoms with van der Waals surface area (Å²) in [6, 6.07) is 3.74. The summed E-state index contributed by atoms with van der Waals surface area (Å²) in [7, 11) is 0. The third-order valence-corrected chi connectivity index (χ3v) is 3.40. The maximum atomic E-state index is 13.6. The fourth-order valence-electron chi connectivity index (χ4n) is 2.33. The van der Waals surface area contributed by atoms with E-state index < -0.39 is 17.7 Å². The molecular weight excluding hydrogens is 224 g/mol. The normalized spacial score (nSPS) is 25.7. The van der Waals surface area contributed by atoms with Gasteiger partial charge in [0.2, 0.25) is 0 Å². The molecule has 17 heavy (non-hydrogen) atoms. The number of benzene rings is 1. The number of carbonyl (C=O) groups is 1. The Morgan fingerprint density at radius 3 is 2.71 bits per heavy atom. The van der Waals surface area contributed by atoms with Gasteiger partial charge in [-0.1, -0.05) is 12.1 Å². The monoisotopic (exact) mass is 239 g/mol. The number of halogens is 2. The molecule has 2 rings (SSSR count). The van der Waals surface area contributed by atoms with Crippen molar-refractivity contribution in [1.29, 1.82) is 0 Å². The van der Waals surface area contributed by atoms with Crippen LogP contribution in [0.1, 0.15) is 37.2 Å². The molecule has 0 heterocycles. The van der Waals surface area contributed by atoms with E-state index in [1.807, 2.05) is 0 Å². The number of hydrogen-bond donors (Lipinski definition) is 1. The number of Topliss-reactive ketones (excluding diaryl/α,β-unsaturated/α-hetero) is 1. The zero-order chi connectivity index (χ0) is 12.4. The molecule has 0 aliphatic heterocycles. The fourth-order valence-corrected chi connectivity index (χ4v) is 2.33. The summed E-state index contributed by atoms with van der Waals surface area (Å²) in [5, 5.41) is 0. The van der Waals surface area contributed by atoms with Gasteiger partial charge >= 0.3 is 0 Å². The molecule has 0 bridgehead atoms. The van der Waals surface area contributed by atoms with Crippen molar-refractivity contribution in [2.45, 2.75) is 37.6 Å². The first kappa shape index (κ1) is 12.2. The quantitative estimate of drug-likeness (QED) is 0.765. The highest BCUT2D eigenvalue weighted by Gasteiger charge is 2.25. The van der Waals surface area contributed by atoms with Crippen molar-refractivity contribution in [3.05, 3.63) is 35.4 Å². The largest absolute Gasteiger partial charge is 0.322 e. The molecule has 92 valence electrons. The summed E-state index contributed by atoms with van der Waals surface area (Å²) >= 11 is 0. The average molecular weight is 239 g/mol. The molecular formula is C13H15F2NO. The van der Waals surface area contributed by atoms with Crippen LogP contribution in [0.5, 0.6) is 0 Å². The molecule has 0 aromatic heterocycles. The van der Waals surface area contributed by atoms with Crippen LogP contribution in [-0.2, 0) is 4.79 Å². The lowest BCUT2D eigenvalue weighted by atomic mass is 9.91. The second kappa shape index (κ2) is 4.92. The van der Waals surface area contributed by atoms with Crippen LogP contribution in [0.4, 0.5) is 8.78 Å². The summed E-state index contributed by atoms with van der Waals surface area (Å²) in [5.41, 5.74) is 6.04. The predicted molar refractivity (Wildman–Crippen MR) is 60.5 cm³/mol. The van der Waals surface area contributed by atoms with Gasteiger partial charge in [-0.15, -0.1) is 0 Å². The number of ketones is 1. The minimum absolute atomic E-state index is 0.0179. The summed E-state index contributed by atoms with van der Waals surface area (Å²) in [6.07, 6.45) is 2.07. The second-order valence-corrected chi connectivity index (χ2v) is 4.53. The standard InChI is InChI=1S/C13H15F2NO/c14-10-3-1-2-9(13(10)15)8-4-6-11(16)12(17)7-5-8/h1-3,8,11H,4-7,16H2/t8-,11-/m1/s1. The average Bonchev–Trinajstić information content (AvgIpc) is 2.47. The van der Waals surface area contributed by atoms with Crippen LogP contribution in [0.3, 0.4) is 0 Å². The van der Waals surface area contributed by atoms with Crippen molar-refractivity contribution >= 4 is 5.78 Å². The minimum atomic E-state index is -0.831. The van der Waals surface area contributed by atoms with E-state index in [0.717, 1.165) is 6.07 Å². The molecule has 0 radical (unpaired) electrons. The van der Waals surface area contributed by atoms with E-state index >= 15 is 0 Å². The van der Waals surface area contributed by atoms with Gasteiger partial charge in [0.05, 0.1) is 6.04 Å². The second-order valence-electron chi connectivity index (χ2n) is 4.53. The molecule has 1 saturated carbocycles.